The molecule has 0 amide bonds. The van der Waals surface area contributed by atoms with Gasteiger partial charge in [0.2, 0.25) is 0 Å². The van der Waals surface area contributed by atoms with Gasteiger partial charge in [-0.25, -0.2) is 8.27 Å². The quantitative estimate of drug-likeness (QED) is 0.455. The molecule has 1 unspecified atom stereocenters. The zero-order chi connectivity index (χ0) is 5.82. The lowest BCUT2D eigenvalue weighted by molar-refractivity contribution is 2.08. The first-order chi connectivity index (χ1) is 3.93. The van der Waals surface area contributed by atoms with Crippen LogP contribution in [-0.2, 0) is 0 Å². The predicted octanol–water partition coefficient (Wildman–Crippen LogP) is 3.19. The van der Waals surface area contributed by atoms with Gasteiger partial charge in [0.1, 0.15) is 0 Å². The summed E-state index contributed by atoms with van der Waals surface area (Å²) < 4.78 is 0. The van der Waals surface area contributed by atoms with Gasteiger partial charge in [0, 0.05) is 0 Å². The van der Waals surface area contributed by atoms with Crippen LogP contribution in [0.4, 0.5) is 0 Å². The molecule has 1 atom stereocenters. The van der Waals surface area contributed by atoms with Crippen molar-refractivity contribution in [3.8, 4) is 0 Å². The van der Waals surface area contributed by atoms with Crippen molar-refractivity contribution in [1.82, 2.24) is 0 Å². The molecule has 0 aliphatic carbocycles. The summed E-state index contributed by atoms with van der Waals surface area (Å²) in [5, 5.41) is 0. The van der Waals surface area contributed by atoms with Crippen molar-refractivity contribution in [1.29, 1.82) is 0 Å². The Labute approximate surface area is 52.7 Å². The van der Waals surface area contributed by atoms with E-state index in [1.165, 1.54) is 8.27 Å². The van der Waals surface area contributed by atoms with Crippen molar-refractivity contribution >= 4 is 21.3 Å². The molecule has 0 saturated heterocycles. The molecule has 8 heavy (non-hydrogen) atoms. The fraction of sp³-hybridized carbons (Fsp3) is 0.167. The van der Waals surface area contributed by atoms with E-state index in [9.17, 15) is 0 Å². The molecule has 0 aromatic rings. The number of hydrogen-bond acceptors (Lipinski definition) is 0. The van der Waals surface area contributed by atoms with E-state index < -0.39 is 0 Å². The first-order valence-electron chi connectivity index (χ1n) is 2.55. The second kappa shape index (κ2) is 3.17. The summed E-state index contributed by atoms with van der Waals surface area (Å²) in [4.78, 5) is 0. The molecular weight excluding hydrogens is 134 g/mol. The Bertz CT molecular complexity index is 154. The van der Waals surface area contributed by atoms with E-state index in [4.69, 9.17) is 0 Å². The first kappa shape index (κ1) is 6.20. The average Bonchev–Trinajstić information content (AvgIpc) is 1.90. The van der Waals surface area contributed by atoms with Gasteiger partial charge in [-0.2, -0.15) is 5.82 Å². The van der Waals surface area contributed by atoms with Gasteiger partial charge in [-0.15, -0.1) is 0 Å². The molecule has 0 fully saturated rings. The Morgan fingerprint density at radius 3 is 2.75 bits per heavy atom. The normalized spacial score (nSPS) is 25.4. The molecule has 0 spiro atoms. The van der Waals surface area contributed by atoms with Crippen LogP contribution in [0.25, 0.3) is 0 Å². The highest BCUT2D eigenvalue weighted by atomic mass is 32.0. The summed E-state index contributed by atoms with van der Waals surface area (Å²) >= 11 is 0. The van der Waals surface area contributed by atoms with E-state index in [1.54, 1.807) is 0 Å². The van der Waals surface area contributed by atoms with Crippen LogP contribution in [-0.4, -0.2) is 5.80 Å². The highest BCUT2D eigenvalue weighted by Crippen LogP contribution is 2.49. The van der Waals surface area contributed by atoms with Crippen LogP contribution in [0.5, 0.6) is 0 Å². The predicted molar refractivity (Wildman–Crippen MR) is 43.9 cm³/mol. The molecule has 1 heterocycles. The minimum atomic E-state index is 0.110. The lowest BCUT2D eigenvalue weighted by atomic mass is 10.6. The van der Waals surface area contributed by atoms with Crippen LogP contribution in [0.3, 0.4) is 0 Å². The monoisotopic (exact) mass is 142 g/mol. The zero-order valence-electron chi connectivity index (χ0n) is 4.78. The standard InChI is InChI=1S/C6H8P2/c1-2-8-6-4-3-5-7-8/h2-6H,1H3. The smallest absolute Gasteiger partial charge is 0.0803 e. The first-order valence-corrected chi connectivity index (χ1v) is 5.70. The van der Waals surface area contributed by atoms with Crippen LogP contribution >= 0.6 is 15.5 Å². The van der Waals surface area contributed by atoms with Crippen molar-refractivity contribution in [3.63, 3.8) is 0 Å². The van der Waals surface area contributed by atoms with Crippen molar-refractivity contribution in [2.45, 2.75) is 6.92 Å². The molecule has 0 saturated carbocycles. The van der Waals surface area contributed by atoms with Crippen LogP contribution in [0.2, 0.25) is 0 Å². The number of rotatable bonds is 0. The average molecular weight is 142 g/mol. The van der Waals surface area contributed by atoms with Crippen molar-refractivity contribution < 1.29 is 0 Å². The lowest BCUT2D eigenvalue weighted by Gasteiger charge is -2.01. The Kier molecular flexibility index (Phi) is 2.46. The Balaban J connectivity index is 2.66. The van der Waals surface area contributed by atoms with Crippen molar-refractivity contribution in [2.24, 2.45) is 0 Å². The molecule has 1 aliphatic heterocycles. The minimum absolute atomic E-state index is 0.110. The summed E-state index contributed by atoms with van der Waals surface area (Å²) in [7, 11) is 1.58. The highest BCUT2D eigenvalue weighted by molar-refractivity contribution is 8.23. The molecule has 42 valence electrons. The molecule has 1 aliphatic rings. The van der Waals surface area contributed by atoms with E-state index in [2.05, 4.69) is 36.5 Å². The van der Waals surface area contributed by atoms with E-state index in [0.29, 0.717) is 0 Å². The summed E-state index contributed by atoms with van der Waals surface area (Å²) in [6.07, 6.45) is 4.23. The van der Waals surface area contributed by atoms with Gasteiger partial charge in [-0.3, -0.25) is 0 Å². The molecule has 0 aromatic carbocycles. The third-order valence-corrected chi connectivity index (χ3v) is 4.77. The van der Waals surface area contributed by atoms with E-state index in [-0.39, 0.29) is 7.23 Å². The fourth-order valence-electron chi connectivity index (χ4n) is 0.494. The highest BCUT2D eigenvalue weighted by Gasteiger charge is 1.86. The number of allylic oxidation sites excluding steroid dienone is 2. The third-order valence-electron chi connectivity index (χ3n) is 0.901. The van der Waals surface area contributed by atoms with Gasteiger partial charge in [0.05, 0.1) is 11.6 Å². The Morgan fingerprint density at radius 1 is 1.50 bits per heavy atom. The van der Waals surface area contributed by atoms with E-state index >= 15 is 0 Å². The SMILES string of the molecule is C/C=[P+]1\C=CC=C[P-]1. The van der Waals surface area contributed by atoms with Crippen molar-refractivity contribution in [3.05, 3.63) is 23.8 Å². The van der Waals surface area contributed by atoms with Gasteiger partial charge in [-0.1, -0.05) is 6.08 Å². The summed E-state index contributed by atoms with van der Waals surface area (Å²) in [6, 6.07) is 0. The van der Waals surface area contributed by atoms with E-state index in [0.717, 1.165) is 0 Å². The maximum Gasteiger partial charge on any atom is 0.0803 e. The molecule has 2 heteroatoms. The Hall–Kier alpha value is 0.0800. The number of hydrogen-bond donors (Lipinski definition) is 0. The summed E-state index contributed by atoms with van der Waals surface area (Å²) in [6.45, 7) is 2.13. The Morgan fingerprint density at radius 2 is 2.38 bits per heavy atom. The van der Waals surface area contributed by atoms with Crippen molar-refractivity contribution in [2.75, 3.05) is 0 Å². The molecule has 0 radical (unpaired) electrons. The zero-order valence-corrected chi connectivity index (χ0v) is 6.57. The van der Waals surface area contributed by atoms with Crippen LogP contribution in [0, 0.1) is 0 Å². The lowest BCUT2D eigenvalue weighted by Crippen LogP contribution is -1.55. The van der Waals surface area contributed by atoms with Gasteiger partial charge in [0.15, 0.2) is 0 Å². The van der Waals surface area contributed by atoms with Crippen LogP contribution < -0.4 is 0 Å². The van der Waals surface area contributed by atoms with Gasteiger partial charge in [-0.05, 0) is 20.2 Å². The van der Waals surface area contributed by atoms with Gasteiger partial charge in [0.25, 0.3) is 0 Å². The molecule has 0 N–H and O–H groups in total. The van der Waals surface area contributed by atoms with Gasteiger partial charge < -0.3 is 0 Å². The second-order valence-corrected chi connectivity index (χ2v) is 5.62. The fourth-order valence-corrected chi connectivity index (χ4v) is 3.04. The van der Waals surface area contributed by atoms with Crippen LogP contribution in [0.15, 0.2) is 23.8 Å². The maximum atomic E-state index is 2.27. The molecule has 0 aromatic heterocycles. The second-order valence-electron chi connectivity index (χ2n) is 1.44. The summed E-state index contributed by atoms with van der Waals surface area (Å²) in [5.74, 6) is 6.75. The molecule has 0 nitrogen and oxygen atoms in total. The van der Waals surface area contributed by atoms with E-state index in [1.807, 2.05) is 0 Å². The summed E-state index contributed by atoms with van der Waals surface area (Å²) in [5.41, 5.74) is 0. The third kappa shape index (κ3) is 1.54. The van der Waals surface area contributed by atoms with Crippen LogP contribution in [0.1, 0.15) is 6.92 Å². The molecular formula is C6H8P2. The molecule has 1 rings (SSSR count). The minimum Gasteiger partial charge on any atom is -0.235 e. The topological polar surface area (TPSA) is 0 Å². The maximum absolute atomic E-state index is 2.27. The van der Waals surface area contributed by atoms with Gasteiger partial charge >= 0.3 is 0 Å². The largest absolute Gasteiger partial charge is 0.235 e. The molecule has 0 bridgehead atoms.